The number of hydrogen-bond donors (Lipinski definition) is 1. The van der Waals surface area contributed by atoms with E-state index in [1.807, 2.05) is 32.9 Å². The van der Waals surface area contributed by atoms with Crippen molar-refractivity contribution >= 4 is 11.7 Å². The molecule has 7 nitrogen and oxygen atoms in total. The zero-order valence-electron chi connectivity index (χ0n) is 16.3. The van der Waals surface area contributed by atoms with Gasteiger partial charge in [0.25, 0.3) is 0 Å². The summed E-state index contributed by atoms with van der Waals surface area (Å²) in [6.45, 7) is 6.84. The molecule has 3 rings (SSSR count). The van der Waals surface area contributed by atoms with Crippen molar-refractivity contribution < 1.29 is 14.4 Å². The Labute approximate surface area is 160 Å². The topological polar surface area (TPSA) is 87.5 Å². The fraction of sp³-hybridized carbons (Fsp3) is 0.650. The number of rotatable bonds is 5. The van der Waals surface area contributed by atoms with Gasteiger partial charge in [-0.3, -0.25) is 0 Å². The van der Waals surface area contributed by atoms with Crippen molar-refractivity contribution in [2.24, 2.45) is 5.41 Å². The number of piperidine rings is 1. The average molecular weight is 372 g/mol. The van der Waals surface area contributed by atoms with Crippen molar-refractivity contribution in [2.75, 3.05) is 18.4 Å². The Hall–Kier alpha value is -2.33. The molecular weight excluding hydrogens is 344 g/mol. The molecule has 1 N–H and O–H groups in total. The molecule has 1 saturated carbocycles. The highest BCUT2D eigenvalue weighted by atomic mass is 16.7. The summed E-state index contributed by atoms with van der Waals surface area (Å²) < 4.78 is 5.96. The molecule has 7 heteroatoms. The standard InChI is InChI=1S/C20H28N4O3/c1-19(2,3)18(25)27-24-11-7-16(8-12-24)26-17-6-5-15(13-22-17)23-20(14-21)9-4-10-20/h5-6,13,16,23H,4,7-12H2,1-3H3. The van der Waals surface area contributed by atoms with Crippen LogP contribution < -0.4 is 10.1 Å². The predicted octanol–water partition coefficient (Wildman–Crippen LogP) is 3.29. The van der Waals surface area contributed by atoms with Crippen LogP contribution in [0.2, 0.25) is 0 Å². The highest BCUT2D eigenvalue weighted by molar-refractivity contribution is 5.75. The predicted molar refractivity (Wildman–Crippen MR) is 101 cm³/mol. The molecule has 0 amide bonds. The Morgan fingerprint density at radius 3 is 2.52 bits per heavy atom. The molecule has 0 aromatic carbocycles. The lowest BCUT2D eigenvalue weighted by atomic mass is 9.78. The van der Waals surface area contributed by atoms with Crippen molar-refractivity contribution in [3.8, 4) is 11.9 Å². The Morgan fingerprint density at radius 2 is 2.04 bits per heavy atom. The molecule has 0 spiro atoms. The van der Waals surface area contributed by atoms with Crippen LogP contribution in [0.5, 0.6) is 5.88 Å². The first-order valence-electron chi connectivity index (χ1n) is 9.59. The number of hydroxylamine groups is 2. The third-order valence-electron chi connectivity index (χ3n) is 5.05. The van der Waals surface area contributed by atoms with Crippen molar-refractivity contribution in [3.63, 3.8) is 0 Å². The number of nitrogens with one attached hydrogen (secondary N) is 1. The van der Waals surface area contributed by atoms with Gasteiger partial charge >= 0.3 is 5.97 Å². The number of carbonyl (C=O) groups excluding carboxylic acids is 1. The van der Waals surface area contributed by atoms with Gasteiger partial charge in [0.15, 0.2) is 0 Å². The fourth-order valence-corrected chi connectivity index (χ4v) is 3.06. The monoisotopic (exact) mass is 372 g/mol. The maximum atomic E-state index is 12.0. The van der Waals surface area contributed by atoms with E-state index in [0.29, 0.717) is 19.0 Å². The number of carbonyl (C=O) groups is 1. The van der Waals surface area contributed by atoms with Crippen LogP contribution in [0.25, 0.3) is 0 Å². The summed E-state index contributed by atoms with van der Waals surface area (Å²) in [7, 11) is 0. The summed E-state index contributed by atoms with van der Waals surface area (Å²) in [5.74, 6) is 0.360. The van der Waals surface area contributed by atoms with E-state index in [1.165, 1.54) is 0 Å². The van der Waals surface area contributed by atoms with E-state index < -0.39 is 11.0 Å². The van der Waals surface area contributed by atoms with E-state index in [0.717, 1.165) is 37.8 Å². The molecule has 0 bridgehead atoms. The minimum Gasteiger partial charge on any atom is -0.474 e. The van der Waals surface area contributed by atoms with Gasteiger partial charge in [-0.15, -0.1) is 5.06 Å². The van der Waals surface area contributed by atoms with Crippen LogP contribution in [0.3, 0.4) is 0 Å². The summed E-state index contributed by atoms with van der Waals surface area (Å²) in [4.78, 5) is 21.7. The highest BCUT2D eigenvalue weighted by Gasteiger charge is 2.37. The fourth-order valence-electron chi connectivity index (χ4n) is 3.06. The highest BCUT2D eigenvalue weighted by Crippen LogP contribution is 2.34. The van der Waals surface area contributed by atoms with Crippen LogP contribution in [0.4, 0.5) is 5.69 Å². The zero-order valence-corrected chi connectivity index (χ0v) is 16.3. The maximum absolute atomic E-state index is 12.0. The van der Waals surface area contributed by atoms with Crippen LogP contribution in [-0.2, 0) is 9.63 Å². The molecule has 2 fully saturated rings. The van der Waals surface area contributed by atoms with E-state index in [2.05, 4.69) is 16.4 Å². The van der Waals surface area contributed by atoms with E-state index in [4.69, 9.17) is 9.57 Å². The van der Waals surface area contributed by atoms with Gasteiger partial charge in [-0.1, -0.05) is 0 Å². The number of nitrogens with zero attached hydrogens (tertiary/aromatic N) is 3. The Bertz CT molecular complexity index is 693. The number of pyridine rings is 1. The molecule has 1 saturated heterocycles. The number of hydrogen-bond acceptors (Lipinski definition) is 7. The second kappa shape index (κ2) is 7.73. The normalized spacial score (nSPS) is 20.2. The molecule has 2 heterocycles. The second-order valence-electron chi connectivity index (χ2n) is 8.43. The SMILES string of the molecule is CC(C)(C)C(=O)ON1CCC(Oc2ccc(NC3(C#N)CCC3)cn2)CC1. The molecule has 2 aliphatic rings. The van der Waals surface area contributed by atoms with Gasteiger partial charge in [0.1, 0.15) is 11.6 Å². The van der Waals surface area contributed by atoms with Crippen LogP contribution in [0.1, 0.15) is 52.9 Å². The summed E-state index contributed by atoms with van der Waals surface area (Å²) in [5, 5.41) is 14.3. The minimum atomic E-state index is -0.503. The maximum Gasteiger partial charge on any atom is 0.330 e. The molecular formula is C20H28N4O3. The van der Waals surface area contributed by atoms with Gasteiger partial charge < -0.3 is 14.9 Å². The lowest BCUT2D eigenvalue weighted by Crippen LogP contribution is -2.43. The van der Waals surface area contributed by atoms with Crippen LogP contribution in [-0.4, -0.2) is 40.7 Å². The molecule has 0 atom stereocenters. The number of anilines is 1. The van der Waals surface area contributed by atoms with Gasteiger partial charge in [0.2, 0.25) is 5.88 Å². The molecule has 146 valence electrons. The number of ether oxygens (including phenoxy) is 1. The summed E-state index contributed by atoms with van der Waals surface area (Å²) in [5.41, 5.74) is -0.0922. The summed E-state index contributed by atoms with van der Waals surface area (Å²) in [6.07, 6.45) is 6.15. The average Bonchev–Trinajstić information content (AvgIpc) is 2.60. The molecule has 0 unspecified atom stereocenters. The Kier molecular flexibility index (Phi) is 5.56. The van der Waals surface area contributed by atoms with E-state index in [9.17, 15) is 10.1 Å². The Balaban J connectivity index is 1.45. The first kappa shape index (κ1) is 19.4. The first-order valence-corrected chi connectivity index (χ1v) is 9.59. The van der Waals surface area contributed by atoms with E-state index >= 15 is 0 Å². The van der Waals surface area contributed by atoms with Gasteiger partial charge in [0.05, 0.1) is 23.4 Å². The number of aromatic nitrogens is 1. The molecule has 27 heavy (non-hydrogen) atoms. The second-order valence-corrected chi connectivity index (χ2v) is 8.43. The van der Waals surface area contributed by atoms with Crippen molar-refractivity contribution in [2.45, 2.75) is 64.5 Å². The smallest absolute Gasteiger partial charge is 0.330 e. The third kappa shape index (κ3) is 4.89. The van der Waals surface area contributed by atoms with E-state index in [-0.39, 0.29) is 12.1 Å². The van der Waals surface area contributed by atoms with Crippen LogP contribution in [0.15, 0.2) is 18.3 Å². The van der Waals surface area contributed by atoms with Gasteiger partial charge in [-0.25, -0.2) is 9.78 Å². The van der Waals surface area contributed by atoms with Crippen molar-refractivity contribution in [1.82, 2.24) is 10.0 Å². The van der Waals surface area contributed by atoms with Gasteiger partial charge in [0, 0.05) is 32.0 Å². The lowest BCUT2D eigenvalue weighted by molar-refractivity contribution is -0.207. The Morgan fingerprint density at radius 1 is 1.33 bits per heavy atom. The molecule has 1 aliphatic heterocycles. The zero-order chi connectivity index (χ0) is 19.5. The molecule has 0 radical (unpaired) electrons. The largest absolute Gasteiger partial charge is 0.474 e. The molecule has 1 aliphatic carbocycles. The molecule has 1 aromatic heterocycles. The summed E-state index contributed by atoms with van der Waals surface area (Å²) in [6, 6.07) is 6.09. The molecule has 1 aromatic rings. The van der Waals surface area contributed by atoms with Crippen molar-refractivity contribution in [3.05, 3.63) is 18.3 Å². The van der Waals surface area contributed by atoms with Crippen LogP contribution in [0, 0.1) is 16.7 Å². The lowest BCUT2D eigenvalue weighted by Gasteiger charge is -2.36. The van der Waals surface area contributed by atoms with E-state index in [1.54, 1.807) is 11.3 Å². The number of nitriles is 1. The first-order chi connectivity index (χ1) is 12.8. The van der Waals surface area contributed by atoms with Crippen LogP contribution >= 0.6 is 0 Å². The van der Waals surface area contributed by atoms with Crippen molar-refractivity contribution in [1.29, 1.82) is 5.26 Å². The quantitative estimate of drug-likeness (QED) is 0.848. The van der Waals surface area contributed by atoms with Gasteiger partial charge in [-0.2, -0.15) is 5.26 Å². The van der Waals surface area contributed by atoms with Gasteiger partial charge in [-0.05, 0) is 46.1 Å². The minimum absolute atomic E-state index is 0.0537. The third-order valence-corrected chi connectivity index (χ3v) is 5.05. The summed E-state index contributed by atoms with van der Waals surface area (Å²) >= 11 is 0.